The number of hydrazone groups is 1. The van der Waals surface area contributed by atoms with Gasteiger partial charge in [0.25, 0.3) is 5.91 Å². The molecule has 114 valence electrons. The van der Waals surface area contributed by atoms with Crippen molar-refractivity contribution in [3.05, 3.63) is 59.7 Å². The highest BCUT2D eigenvalue weighted by Gasteiger charge is 2.04. The topological polar surface area (TPSA) is 59.9 Å². The van der Waals surface area contributed by atoms with Crippen molar-refractivity contribution in [2.24, 2.45) is 5.10 Å². The van der Waals surface area contributed by atoms with Crippen LogP contribution in [0.2, 0.25) is 0 Å². The van der Waals surface area contributed by atoms with Crippen LogP contribution in [0.3, 0.4) is 0 Å². The number of rotatable bonds is 6. The molecule has 0 aliphatic carbocycles. The average Bonchev–Trinajstić information content (AvgIpc) is 2.56. The summed E-state index contributed by atoms with van der Waals surface area (Å²) in [6.45, 7) is 2.49. The fraction of sp³-hybridized carbons (Fsp3) is 0.176. The van der Waals surface area contributed by atoms with Crippen molar-refractivity contribution in [1.29, 1.82) is 0 Å². The quantitative estimate of drug-likeness (QED) is 0.659. The Morgan fingerprint density at radius 2 is 1.91 bits per heavy atom. The van der Waals surface area contributed by atoms with Crippen LogP contribution in [0, 0.1) is 0 Å². The molecule has 0 aromatic heterocycles. The minimum Gasteiger partial charge on any atom is -0.497 e. The van der Waals surface area contributed by atoms with Gasteiger partial charge in [0.2, 0.25) is 0 Å². The number of methoxy groups -OCH3 is 1. The molecule has 0 aliphatic heterocycles. The van der Waals surface area contributed by atoms with Crippen molar-refractivity contribution in [3.8, 4) is 11.5 Å². The lowest BCUT2D eigenvalue weighted by Gasteiger charge is -2.06. The highest BCUT2D eigenvalue weighted by atomic mass is 16.5. The summed E-state index contributed by atoms with van der Waals surface area (Å²) in [5.41, 5.74) is 3.80. The monoisotopic (exact) mass is 298 g/mol. The molecule has 0 bridgehead atoms. The first-order chi connectivity index (χ1) is 10.7. The lowest BCUT2D eigenvalue weighted by molar-refractivity contribution is 0.0955. The molecule has 0 radical (unpaired) electrons. The van der Waals surface area contributed by atoms with E-state index < -0.39 is 0 Å². The van der Waals surface area contributed by atoms with Gasteiger partial charge in [-0.3, -0.25) is 4.79 Å². The predicted molar refractivity (Wildman–Crippen MR) is 85.7 cm³/mol. The lowest BCUT2D eigenvalue weighted by atomic mass is 10.2. The fourth-order valence-corrected chi connectivity index (χ4v) is 1.84. The maximum Gasteiger partial charge on any atom is 0.271 e. The van der Waals surface area contributed by atoms with E-state index in [-0.39, 0.29) is 5.91 Å². The molecule has 1 amide bonds. The molecule has 1 N–H and O–H groups in total. The number of carbonyl (C=O) groups is 1. The first kappa shape index (κ1) is 15.6. The van der Waals surface area contributed by atoms with E-state index in [1.807, 2.05) is 31.2 Å². The van der Waals surface area contributed by atoms with Crippen LogP contribution < -0.4 is 14.9 Å². The third-order valence-corrected chi connectivity index (χ3v) is 2.94. The number of nitrogens with zero attached hydrogens (tertiary/aromatic N) is 1. The normalized spacial score (nSPS) is 10.5. The molecule has 2 aromatic rings. The van der Waals surface area contributed by atoms with Crippen molar-refractivity contribution in [1.82, 2.24) is 5.43 Å². The SMILES string of the molecule is CCOc1ccccc1/C=N\NC(=O)c1ccc(OC)cc1. The number of carbonyl (C=O) groups excluding carboxylic acids is 1. The van der Waals surface area contributed by atoms with Crippen molar-refractivity contribution in [2.45, 2.75) is 6.92 Å². The van der Waals surface area contributed by atoms with E-state index in [4.69, 9.17) is 9.47 Å². The maximum atomic E-state index is 11.9. The molecule has 0 saturated heterocycles. The Morgan fingerprint density at radius 1 is 1.18 bits per heavy atom. The number of benzene rings is 2. The average molecular weight is 298 g/mol. The van der Waals surface area contributed by atoms with Gasteiger partial charge in [-0.2, -0.15) is 5.10 Å². The van der Waals surface area contributed by atoms with Crippen LogP contribution in [0.15, 0.2) is 53.6 Å². The van der Waals surface area contributed by atoms with Crippen LogP contribution in [0.1, 0.15) is 22.8 Å². The van der Waals surface area contributed by atoms with Gasteiger partial charge >= 0.3 is 0 Å². The van der Waals surface area contributed by atoms with Gasteiger partial charge in [0.15, 0.2) is 0 Å². The van der Waals surface area contributed by atoms with Gasteiger partial charge in [0.1, 0.15) is 11.5 Å². The van der Waals surface area contributed by atoms with Crippen molar-refractivity contribution >= 4 is 12.1 Å². The van der Waals surface area contributed by atoms with Crippen LogP contribution >= 0.6 is 0 Å². The van der Waals surface area contributed by atoms with E-state index >= 15 is 0 Å². The van der Waals surface area contributed by atoms with Crippen LogP contribution in [0.25, 0.3) is 0 Å². The molecule has 5 heteroatoms. The summed E-state index contributed by atoms with van der Waals surface area (Å²) in [4.78, 5) is 11.9. The van der Waals surface area contributed by atoms with E-state index in [1.165, 1.54) is 0 Å². The third kappa shape index (κ3) is 4.09. The molecular weight excluding hydrogens is 280 g/mol. The molecule has 0 heterocycles. The van der Waals surface area contributed by atoms with E-state index in [0.717, 1.165) is 11.3 Å². The predicted octanol–water partition coefficient (Wildman–Crippen LogP) is 2.86. The Morgan fingerprint density at radius 3 is 2.59 bits per heavy atom. The van der Waals surface area contributed by atoms with Gasteiger partial charge in [-0.15, -0.1) is 0 Å². The molecule has 0 spiro atoms. The van der Waals surface area contributed by atoms with Gasteiger partial charge in [-0.25, -0.2) is 5.43 Å². The molecule has 5 nitrogen and oxygen atoms in total. The molecule has 0 atom stereocenters. The molecule has 0 unspecified atom stereocenters. The summed E-state index contributed by atoms with van der Waals surface area (Å²) in [6, 6.07) is 14.3. The molecule has 0 saturated carbocycles. The van der Waals surface area contributed by atoms with Crippen LogP contribution in [0.4, 0.5) is 0 Å². The van der Waals surface area contributed by atoms with E-state index in [9.17, 15) is 4.79 Å². The number of hydrogen-bond donors (Lipinski definition) is 1. The first-order valence-electron chi connectivity index (χ1n) is 6.94. The van der Waals surface area contributed by atoms with E-state index in [2.05, 4.69) is 10.5 Å². The third-order valence-electron chi connectivity index (χ3n) is 2.94. The van der Waals surface area contributed by atoms with Gasteiger partial charge < -0.3 is 9.47 Å². The largest absolute Gasteiger partial charge is 0.497 e. The smallest absolute Gasteiger partial charge is 0.271 e. The minimum absolute atomic E-state index is 0.284. The maximum absolute atomic E-state index is 11.9. The zero-order valence-corrected chi connectivity index (χ0v) is 12.6. The second kappa shape index (κ2) is 7.83. The van der Waals surface area contributed by atoms with Gasteiger partial charge in [-0.05, 0) is 43.3 Å². The van der Waals surface area contributed by atoms with Gasteiger partial charge in [0, 0.05) is 11.1 Å². The molecular formula is C17H18N2O3. The fourth-order valence-electron chi connectivity index (χ4n) is 1.84. The van der Waals surface area contributed by atoms with Crippen LogP contribution in [-0.2, 0) is 0 Å². The van der Waals surface area contributed by atoms with E-state index in [0.29, 0.717) is 17.9 Å². The van der Waals surface area contributed by atoms with E-state index in [1.54, 1.807) is 37.6 Å². The Labute approximate surface area is 129 Å². The zero-order chi connectivity index (χ0) is 15.8. The molecule has 22 heavy (non-hydrogen) atoms. The first-order valence-corrected chi connectivity index (χ1v) is 6.94. The summed E-state index contributed by atoms with van der Waals surface area (Å²) < 4.78 is 10.5. The molecule has 0 fully saturated rings. The summed E-state index contributed by atoms with van der Waals surface area (Å²) in [7, 11) is 1.58. The number of nitrogens with one attached hydrogen (secondary N) is 1. The number of amides is 1. The molecule has 2 rings (SSSR count). The Kier molecular flexibility index (Phi) is 5.54. The van der Waals surface area contributed by atoms with Crippen LogP contribution in [0.5, 0.6) is 11.5 Å². The van der Waals surface area contributed by atoms with Crippen molar-refractivity contribution < 1.29 is 14.3 Å². The molecule has 2 aromatic carbocycles. The summed E-state index contributed by atoms with van der Waals surface area (Å²) in [6.07, 6.45) is 1.56. The van der Waals surface area contributed by atoms with Crippen molar-refractivity contribution in [2.75, 3.05) is 13.7 Å². The highest BCUT2D eigenvalue weighted by Crippen LogP contribution is 2.15. The Hall–Kier alpha value is -2.82. The summed E-state index contributed by atoms with van der Waals surface area (Å²) in [5.74, 6) is 1.14. The number of hydrogen-bond acceptors (Lipinski definition) is 4. The minimum atomic E-state index is -0.284. The Balaban J connectivity index is 2.01. The number of para-hydroxylation sites is 1. The standard InChI is InChI=1S/C17H18N2O3/c1-3-22-16-7-5-4-6-14(16)12-18-19-17(20)13-8-10-15(21-2)11-9-13/h4-12H,3H2,1-2H3,(H,19,20)/b18-12-. The van der Waals surface area contributed by atoms with Gasteiger partial charge in [0.05, 0.1) is 19.9 Å². The highest BCUT2D eigenvalue weighted by molar-refractivity contribution is 5.95. The number of ether oxygens (including phenoxy) is 2. The van der Waals surface area contributed by atoms with Gasteiger partial charge in [-0.1, -0.05) is 12.1 Å². The van der Waals surface area contributed by atoms with Crippen LogP contribution in [-0.4, -0.2) is 25.8 Å². The zero-order valence-electron chi connectivity index (χ0n) is 12.6. The summed E-state index contributed by atoms with van der Waals surface area (Å²) in [5, 5.41) is 3.97. The summed E-state index contributed by atoms with van der Waals surface area (Å²) >= 11 is 0. The second-order valence-corrected chi connectivity index (χ2v) is 4.40. The molecule has 0 aliphatic rings. The second-order valence-electron chi connectivity index (χ2n) is 4.40. The lowest BCUT2D eigenvalue weighted by Crippen LogP contribution is -2.17. The van der Waals surface area contributed by atoms with Crippen molar-refractivity contribution in [3.63, 3.8) is 0 Å². The Bertz CT molecular complexity index is 651.